The Kier molecular flexibility index (Phi) is 9.75. The zero-order chi connectivity index (χ0) is 30.6. The Hall–Kier alpha value is -3.67. The lowest BCUT2D eigenvalue weighted by Gasteiger charge is -2.39. The van der Waals surface area contributed by atoms with E-state index in [-0.39, 0.29) is 18.0 Å². The first-order chi connectivity index (χ1) is 19.9. The van der Waals surface area contributed by atoms with Gasteiger partial charge in [0.15, 0.2) is 0 Å². The molecule has 0 radical (unpaired) electrons. The maximum atomic E-state index is 13.0. The summed E-state index contributed by atoms with van der Waals surface area (Å²) in [5, 5.41) is 12.0. The van der Waals surface area contributed by atoms with Crippen molar-refractivity contribution in [3.63, 3.8) is 0 Å². The van der Waals surface area contributed by atoms with E-state index in [1.807, 2.05) is 18.2 Å². The summed E-state index contributed by atoms with van der Waals surface area (Å²) >= 11 is 0. The molecule has 12 nitrogen and oxygen atoms in total. The number of imidazole rings is 1. The van der Waals surface area contributed by atoms with Crippen molar-refractivity contribution in [2.45, 2.75) is 89.8 Å². The van der Waals surface area contributed by atoms with Crippen LogP contribution in [0.25, 0.3) is 11.0 Å². The quantitative estimate of drug-likeness (QED) is 0.320. The molecule has 1 aromatic heterocycles. The summed E-state index contributed by atoms with van der Waals surface area (Å²) in [6.45, 7) is 7.34. The number of carbonyl (C=O) groups excluding carboxylic acids is 3. The first-order valence-corrected chi connectivity index (χ1v) is 14.8. The summed E-state index contributed by atoms with van der Waals surface area (Å²) in [6.07, 6.45) is 5.93. The van der Waals surface area contributed by atoms with Crippen LogP contribution in [-0.2, 0) is 32.6 Å². The minimum atomic E-state index is -1.02. The van der Waals surface area contributed by atoms with Gasteiger partial charge in [0.25, 0.3) is 0 Å². The number of benzene rings is 1. The molecule has 2 N–H and O–H groups in total. The molecular formula is C30H43N5O7. The number of piperidine rings is 1. The number of unbranched alkanes of at least 4 members (excludes halogenated alkanes) is 4. The van der Waals surface area contributed by atoms with E-state index in [1.54, 1.807) is 32.4 Å². The average molecular weight is 586 g/mol. The van der Waals surface area contributed by atoms with Gasteiger partial charge in [0.05, 0.1) is 11.0 Å². The molecule has 3 amide bonds. The minimum Gasteiger partial charge on any atom is -0.480 e. The third-order valence-electron chi connectivity index (χ3n) is 7.99. The number of hydrogen-bond donors (Lipinski definition) is 2. The van der Waals surface area contributed by atoms with E-state index in [2.05, 4.69) is 10.2 Å². The SMILES string of the molecule is Cn1c(=O)n(C2CCC(=O)NC2=O)c2ccc(CCCCCCCN3CCN(C(=O)OC(C)(C)C)[C@H](C(=O)O)C3)cc21. The van der Waals surface area contributed by atoms with E-state index in [9.17, 15) is 29.1 Å². The number of piperazine rings is 1. The van der Waals surface area contributed by atoms with E-state index < -0.39 is 35.7 Å². The summed E-state index contributed by atoms with van der Waals surface area (Å²) < 4.78 is 8.45. The van der Waals surface area contributed by atoms with E-state index in [4.69, 9.17) is 4.74 Å². The topological polar surface area (TPSA) is 143 Å². The van der Waals surface area contributed by atoms with Crippen LogP contribution in [0.4, 0.5) is 4.79 Å². The molecule has 2 fully saturated rings. The van der Waals surface area contributed by atoms with Gasteiger partial charge in [-0.25, -0.2) is 14.4 Å². The van der Waals surface area contributed by atoms with Gasteiger partial charge >= 0.3 is 17.8 Å². The number of imide groups is 1. The zero-order valence-electron chi connectivity index (χ0n) is 25.1. The number of nitrogens with zero attached hydrogens (tertiary/aromatic N) is 4. The normalized spacial score (nSPS) is 20.1. The number of aromatic nitrogens is 2. The van der Waals surface area contributed by atoms with Crippen LogP contribution in [-0.4, -0.2) is 85.7 Å². The minimum absolute atomic E-state index is 0.213. The molecule has 2 saturated heterocycles. The third kappa shape index (κ3) is 7.39. The first kappa shape index (κ1) is 31.3. The van der Waals surface area contributed by atoms with Crippen molar-refractivity contribution in [3.8, 4) is 0 Å². The van der Waals surface area contributed by atoms with Crippen molar-refractivity contribution in [3.05, 3.63) is 34.2 Å². The number of fused-ring (bicyclic) bond motifs is 1. The summed E-state index contributed by atoms with van der Waals surface area (Å²) in [5.41, 5.74) is 1.65. The van der Waals surface area contributed by atoms with Gasteiger partial charge in [-0.3, -0.25) is 33.8 Å². The van der Waals surface area contributed by atoms with Crippen molar-refractivity contribution in [2.24, 2.45) is 7.05 Å². The Labute approximate surface area is 245 Å². The average Bonchev–Trinajstić information content (AvgIpc) is 3.16. The van der Waals surface area contributed by atoms with Crippen LogP contribution < -0.4 is 11.0 Å². The summed E-state index contributed by atoms with van der Waals surface area (Å²) in [7, 11) is 1.70. The molecular weight excluding hydrogens is 542 g/mol. The van der Waals surface area contributed by atoms with Gasteiger partial charge in [0.2, 0.25) is 11.8 Å². The number of hydrogen-bond acceptors (Lipinski definition) is 7. The van der Waals surface area contributed by atoms with E-state index in [0.29, 0.717) is 31.6 Å². The number of aryl methyl sites for hydroxylation is 2. The monoisotopic (exact) mass is 585 g/mol. The number of carboxylic acids is 1. The lowest BCUT2D eigenvalue weighted by molar-refractivity contribution is -0.145. The van der Waals surface area contributed by atoms with E-state index >= 15 is 0 Å². The van der Waals surface area contributed by atoms with Gasteiger partial charge in [0, 0.05) is 33.1 Å². The van der Waals surface area contributed by atoms with Gasteiger partial charge in [-0.2, -0.15) is 0 Å². The fourth-order valence-corrected chi connectivity index (χ4v) is 5.78. The highest BCUT2D eigenvalue weighted by atomic mass is 16.6. The van der Waals surface area contributed by atoms with Crippen LogP contribution in [0.3, 0.4) is 0 Å². The highest BCUT2D eigenvalue weighted by Gasteiger charge is 2.37. The van der Waals surface area contributed by atoms with Gasteiger partial charge in [-0.15, -0.1) is 0 Å². The lowest BCUT2D eigenvalue weighted by Crippen LogP contribution is -2.59. The van der Waals surface area contributed by atoms with Crippen LogP contribution in [0.1, 0.15) is 77.3 Å². The van der Waals surface area contributed by atoms with Crippen LogP contribution in [0.15, 0.2) is 23.0 Å². The van der Waals surface area contributed by atoms with Gasteiger partial charge < -0.3 is 9.84 Å². The number of ether oxygens (including phenoxy) is 1. The number of aliphatic carboxylic acids is 1. The molecule has 2 aromatic rings. The predicted octanol–water partition coefficient (Wildman–Crippen LogP) is 2.82. The smallest absolute Gasteiger partial charge is 0.411 e. The molecule has 3 heterocycles. The second-order valence-electron chi connectivity index (χ2n) is 12.3. The van der Waals surface area contributed by atoms with E-state index in [1.165, 1.54) is 9.47 Å². The van der Waals surface area contributed by atoms with Crippen molar-refractivity contribution in [1.29, 1.82) is 0 Å². The van der Waals surface area contributed by atoms with Crippen LogP contribution in [0.5, 0.6) is 0 Å². The van der Waals surface area contributed by atoms with Gasteiger partial charge in [-0.1, -0.05) is 25.3 Å². The molecule has 0 spiro atoms. The number of amides is 3. The molecule has 1 aromatic carbocycles. The van der Waals surface area contributed by atoms with Crippen molar-refractivity contribution in [2.75, 3.05) is 26.2 Å². The largest absolute Gasteiger partial charge is 0.480 e. The maximum Gasteiger partial charge on any atom is 0.411 e. The molecule has 0 saturated carbocycles. The molecule has 2 aliphatic rings. The molecule has 2 atom stereocenters. The zero-order valence-corrected chi connectivity index (χ0v) is 25.1. The Morgan fingerprint density at radius 1 is 1.02 bits per heavy atom. The fourth-order valence-electron chi connectivity index (χ4n) is 5.78. The standard InChI is InChI=1S/C30H43N5O7/c1-30(2,3)42-29(41)34-17-16-33(19-24(34)27(38)39)15-9-7-5-6-8-10-20-11-12-21-23(18-20)32(4)28(40)35(21)22-13-14-25(36)31-26(22)37/h11-12,18,22,24H,5-10,13-17,19H2,1-4H3,(H,38,39)(H,31,36,37)/t22?,24-/m0/s1. The highest BCUT2D eigenvalue weighted by Crippen LogP contribution is 2.24. The Bertz CT molecular complexity index is 1390. The molecule has 2 aliphatic heterocycles. The number of rotatable bonds is 10. The lowest BCUT2D eigenvalue weighted by atomic mass is 10.0. The van der Waals surface area contributed by atoms with Crippen molar-refractivity contribution >= 4 is 34.9 Å². The molecule has 0 aliphatic carbocycles. The van der Waals surface area contributed by atoms with Gasteiger partial charge in [0.1, 0.15) is 17.7 Å². The molecule has 4 rings (SSSR count). The number of carbonyl (C=O) groups is 4. The Morgan fingerprint density at radius 2 is 1.74 bits per heavy atom. The highest BCUT2D eigenvalue weighted by molar-refractivity contribution is 6.00. The van der Waals surface area contributed by atoms with Crippen molar-refractivity contribution < 1.29 is 29.0 Å². The second-order valence-corrected chi connectivity index (χ2v) is 12.3. The number of nitrogens with one attached hydrogen (secondary N) is 1. The van der Waals surface area contributed by atoms with Crippen LogP contribution >= 0.6 is 0 Å². The number of carboxylic acid groups (broad SMARTS) is 1. The van der Waals surface area contributed by atoms with Crippen molar-refractivity contribution in [1.82, 2.24) is 24.3 Å². The molecule has 12 heteroatoms. The Balaban J connectivity index is 1.21. The molecule has 0 bridgehead atoms. The Morgan fingerprint density at radius 3 is 2.43 bits per heavy atom. The van der Waals surface area contributed by atoms with E-state index in [0.717, 1.165) is 56.1 Å². The van der Waals surface area contributed by atoms with Crippen LogP contribution in [0.2, 0.25) is 0 Å². The molecule has 42 heavy (non-hydrogen) atoms. The summed E-state index contributed by atoms with van der Waals surface area (Å²) in [6, 6.07) is 4.30. The fraction of sp³-hybridized carbons (Fsp3) is 0.633. The first-order valence-electron chi connectivity index (χ1n) is 14.8. The maximum absolute atomic E-state index is 13.0. The van der Waals surface area contributed by atoms with Crippen LogP contribution in [0, 0.1) is 0 Å². The molecule has 1 unspecified atom stereocenters. The summed E-state index contributed by atoms with van der Waals surface area (Å²) in [4.78, 5) is 64.6. The predicted molar refractivity (Wildman–Crippen MR) is 156 cm³/mol. The second kappa shape index (κ2) is 13.1. The third-order valence-corrected chi connectivity index (χ3v) is 7.99. The summed E-state index contributed by atoms with van der Waals surface area (Å²) in [5.74, 6) is -1.76. The molecule has 230 valence electrons. The van der Waals surface area contributed by atoms with Gasteiger partial charge in [-0.05, 0) is 70.7 Å².